The van der Waals surface area contributed by atoms with Crippen molar-refractivity contribution in [2.75, 3.05) is 0 Å². The maximum Gasteiger partial charge on any atom is -0.00259 e. The van der Waals surface area contributed by atoms with E-state index in [0.717, 1.165) is 25.7 Å². The third kappa shape index (κ3) is 4.25. The summed E-state index contributed by atoms with van der Waals surface area (Å²) < 4.78 is 0. The van der Waals surface area contributed by atoms with E-state index in [0.29, 0.717) is 0 Å². The van der Waals surface area contributed by atoms with Gasteiger partial charge in [-0.25, -0.2) is 0 Å². The number of aryl methyl sites for hydroxylation is 2. The van der Waals surface area contributed by atoms with Gasteiger partial charge in [0.2, 0.25) is 0 Å². The van der Waals surface area contributed by atoms with Gasteiger partial charge in [-0.15, -0.1) is 0 Å². The first-order chi connectivity index (χ1) is 19.7. The lowest BCUT2D eigenvalue weighted by atomic mass is 9.83. The molecule has 0 saturated carbocycles. The lowest BCUT2D eigenvalue weighted by Crippen LogP contribution is -1.93. The molecule has 0 nitrogen and oxygen atoms in total. The Kier molecular flexibility index (Phi) is 6.33. The van der Waals surface area contributed by atoms with Crippen LogP contribution in [0, 0.1) is 0 Å². The molecule has 0 aliphatic rings. The minimum Gasteiger partial charge on any atom is -0.0651 e. The molecule has 194 valence electrons. The second-order valence-corrected chi connectivity index (χ2v) is 11.1. The molecule has 0 atom stereocenters. The van der Waals surface area contributed by atoms with Gasteiger partial charge >= 0.3 is 0 Å². The molecule has 0 radical (unpaired) electrons. The smallest absolute Gasteiger partial charge is 0.00259 e. The monoisotopic (exact) mass is 514 g/mol. The zero-order valence-electron chi connectivity index (χ0n) is 23.4. The molecule has 7 aromatic carbocycles. The van der Waals surface area contributed by atoms with Crippen LogP contribution in [0.25, 0.3) is 65.3 Å². The molecule has 0 spiro atoms. The highest BCUT2D eigenvalue weighted by Crippen LogP contribution is 2.46. The molecule has 0 aliphatic heterocycles. The van der Waals surface area contributed by atoms with E-state index >= 15 is 0 Å². The Hall–Kier alpha value is -4.42. The van der Waals surface area contributed by atoms with E-state index in [1.807, 2.05) is 0 Å². The van der Waals surface area contributed by atoms with Gasteiger partial charge in [0.15, 0.2) is 0 Å². The molecule has 0 heterocycles. The van der Waals surface area contributed by atoms with E-state index in [9.17, 15) is 0 Å². The topological polar surface area (TPSA) is 0 Å². The van der Waals surface area contributed by atoms with Gasteiger partial charge in [-0.2, -0.15) is 0 Å². The summed E-state index contributed by atoms with van der Waals surface area (Å²) in [7, 11) is 0. The first-order valence-electron chi connectivity index (χ1n) is 14.7. The highest BCUT2D eigenvalue weighted by Gasteiger charge is 2.18. The Bertz CT molecular complexity index is 1750. The van der Waals surface area contributed by atoms with Gasteiger partial charge in [0.05, 0.1) is 0 Å². The molecule has 0 unspecified atom stereocenters. The van der Waals surface area contributed by atoms with Crippen LogP contribution in [0.5, 0.6) is 0 Å². The summed E-state index contributed by atoms with van der Waals surface area (Å²) in [6, 6.07) is 45.9. The first-order valence-corrected chi connectivity index (χ1v) is 14.7. The molecule has 0 aliphatic carbocycles. The van der Waals surface area contributed by atoms with Crippen molar-refractivity contribution in [2.24, 2.45) is 0 Å². The summed E-state index contributed by atoms with van der Waals surface area (Å²) in [5.74, 6) is 0. The second-order valence-electron chi connectivity index (χ2n) is 11.1. The van der Waals surface area contributed by atoms with Crippen molar-refractivity contribution in [2.45, 2.75) is 39.5 Å². The van der Waals surface area contributed by atoms with Gasteiger partial charge in [0, 0.05) is 0 Å². The third-order valence-corrected chi connectivity index (χ3v) is 8.41. The molecule has 7 rings (SSSR count). The van der Waals surface area contributed by atoms with Crippen LogP contribution in [-0.2, 0) is 12.8 Å². The molecule has 7 aromatic rings. The van der Waals surface area contributed by atoms with Crippen LogP contribution in [0.4, 0.5) is 0 Å². The molecule has 0 amide bonds. The van der Waals surface area contributed by atoms with E-state index in [1.165, 1.54) is 76.5 Å². The number of benzene rings is 7. The molecule has 0 aromatic heterocycles. The maximum absolute atomic E-state index is 2.42. The summed E-state index contributed by atoms with van der Waals surface area (Å²) in [4.78, 5) is 0. The standard InChI is InChI=1S/C40H34/c1-3-9-27-15-19-29(20-16-27)39-35-23-31-11-5-7-13-33(31)25-37(35)40(30-21-17-28(10-4-2)18-22-30)38-26-34-14-8-6-12-32(34)24-36(38)39/h5-8,11-26H,3-4,9-10H2,1-2H3. The minimum absolute atomic E-state index is 1.12. The number of rotatable bonds is 6. The zero-order chi connectivity index (χ0) is 27.1. The molecular weight excluding hydrogens is 480 g/mol. The van der Waals surface area contributed by atoms with Crippen LogP contribution in [0.3, 0.4) is 0 Å². The highest BCUT2D eigenvalue weighted by molar-refractivity contribution is 6.25. The highest BCUT2D eigenvalue weighted by atomic mass is 14.2. The molecular formula is C40H34. The van der Waals surface area contributed by atoms with E-state index in [2.05, 4.69) is 135 Å². The minimum atomic E-state index is 1.12. The van der Waals surface area contributed by atoms with Gasteiger partial charge in [-0.3, -0.25) is 0 Å². The van der Waals surface area contributed by atoms with Gasteiger partial charge in [-0.05, 0) is 114 Å². The summed E-state index contributed by atoms with van der Waals surface area (Å²) in [6.07, 6.45) is 4.55. The predicted molar refractivity (Wildman–Crippen MR) is 175 cm³/mol. The summed E-state index contributed by atoms with van der Waals surface area (Å²) >= 11 is 0. The van der Waals surface area contributed by atoms with Crippen LogP contribution in [0.2, 0.25) is 0 Å². The molecule has 0 bridgehead atoms. The fourth-order valence-electron chi connectivity index (χ4n) is 6.47. The number of hydrogen-bond acceptors (Lipinski definition) is 0. The summed E-state index contributed by atoms with van der Waals surface area (Å²) in [5, 5.41) is 10.4. The zero-order valence-corrected chi connectivity index (χ0v) is 23.4. The average molecular weight is 515 g/mol. The van der Waals surface area contributed by atoms with Gasteiger partial charge < -0.3 is 0 Å². The van der Waals surface area contributed by atoms with E-state index in [-0.39, 0.29) is 0 Å². The van der Waals surface area contributed by atoms with Crippen LogP contribution in [-0.4, -0.2) is 0 Å². The summed E-state index contributed by atoms with van der Waals surface area (Å²) in [6.45, 7) is 4.50. The molecule has 40 heavy (non-hydrogen) atoms. The van der Waals surface area contributed by atoms with E-state index < -0.39 is 0 Å². The molecule has 0 heteroatoms. The van der Waals surface area contributed by atoms with Crippen LogP contribution >= 0.6 is 0 Å². The van der Waals surface area contributed by atoms with Crippen molar-refractivity contribution >= 4 is 43.1 Å². The molecule has 0 saturated heterocycles. The largest absolute Gasteiger partial charge is 0.0651 e. The van der Waals surface area contributed by atoms with Crippen LogP contribution in [0.15, 0.2) is 121 Å². The first kappa shape index (κ1) is 24.6. The quantitative estimate of drug-likeness (QED) is 0.194. The van der Waals surface area contributed by atoms with Crippen molar-refractivity contribution in [3.63, 3.8) is 0 Å². The average Bonchev–Trinajstić information content (AvgIpc) is 2.99. The van der Waals surface area contributed by atoms with E-state index in [4.69, 9.17) is 0 Å². The Morgan fingerprint density at radius 1 is 0.375 bits per heavy atom. The summed E-state index contributed by atoms with van der Waals surface area (Å²) in [5.41, 5.74) is 8.03. The van der Waals surface area contributed by atoms with Crippen LogP contribution in [0.1, 0.15) is 37.8 Å². The maximum atomic E-state index is 2.42. The van der Waals surface area contributed by atoms with Crippen LogP contribution < -0.4 is 0 Å². The Morgan fingerprint density at radius 2 is 0.675 bits per heavy atom. The SMILES string of the molecule is CCCc1ccc(-c2c3cc4ccccc4cc3c(-c3ccc(CCC)cc3)c3cc4ccccc4cc23)cc1. The fraction of sp³-hybridized carbons (Fsp3) is 0.150. The van der Waals surface area contributed by atoms with Gasteiger partial charge in [-0.1, -0.05) is 124 Å². The van der Waals surface area contributed by atoms with E-state index in [1.54, 1.807) is 0 Å². The Balaban J connectivity index is 1.65. The van der Waals surface area contributed by atoms with Crippen molar-refractivity contribution in [3.8, 4) is 22.3 Å². The lowest BCUT2D eigenvalue weighted by Gasteiger charge is -2.20. The normalized spacial score (nSPS) is 11.7. The Labute approximate surface area is 236 Å². The van der Waals surface area contributed by atoms with Gasteiger partial charge in [0.25, 0.3) is 0 Å². The predicted octanol–water partition coefficient (Wildman–Crippen LogP) is 11.5. The third-order valence-electron chi connectivity index (χ3n) is 8.41. The van der Waals surface area contributed by atoms with Crippen molar-refractivity contribution in [3.05, 3.63) is 132 Å². The number of fused-ring (bicyclic) bond motifs is 4. The van der Waals surface area contributed by atoms with Gasteiger partial charge in [0.1, 0.15) is 0 Å². The van der Waals surface area contributed by atoms with Crippen molar-refractivity contribution in [1.29, 1.82) is 0 Å². The lowest BCUT2D eigenvalue weighted by molar-refractivity contribution is 0.922. The second kappa shape index (κ2) is 10.3. The molecule has 0 N–H and O–H groups in total. The number of hydrogen-bond donors (Lipinski definition) is 0. The molecule has 0 fully saturated rings. The van der Waals surface area contributed by atoms with Crippen molar-refractivity contribution in [1.82, 2.24) is 0 Å². The van der Waals surface area contributed by atoms with Crippen molar-refractivity contribution < 1.29 is 0 Å². The Morgan fingerprint density at radius 3 is 0.950 bits per heavy atom. The fourth-order valence-corrected chi connectivity index (χ4v) is 6.47.